The first-order valence-electron chi connectivity index (χ1n) is 7.71. The number of carbonyl (C=O) groups excluding carboxylic acids is 2. The van der Waals surface area contributed by atoms with Crippen LogP contribution in [-0.4, -0.2) is 23.3 Å². The molecule has 1 N–H and O–H groups in total. The second kappa shape index (κ2) is 5.63. The Hall–Kier alpha value is -2.46. The van der Waals surface area contributed by atoms with Crippen LogP contribution < -0.4 is 4.90 Å². The number of ketones is 1. The summed E-state index contributed by atoms with van der Waals surface area (Å²) < 4.78 is 0. The third-order valence-electron chi connectivity index (χ3n) is 4.35. The molecular formula is C19H19NO3. The first-order chi connectivity index (χ1) is 11.0. The van der Waals surface area contributed by atoms with Crippen molar-refractivity contribution in [3.05, 3.63) is 65.2 Å². The van der Waals surface area contributed by atoms with Crippen molar-refractivity contribution in [3.63, 3.8) is 0 Å². The predicted octanol–water partition coefficient (Wildman–Crippen LogP) is 2.82. The molecule has 1 aliphatic heterocycles. The van der Waals surface area contributed by atoms with Gasteiger partial charge in [-0.15, -0.1) is 0 Å². The van der Waals surface area contributed by atoms with Crippen LogP contribution >= 0.6 is 0 Å². The number of rotatable bonds is 4. The van der Waals surface area contributed by atoms with Gasteiger partial charge in [-0.25, -0.2) is 0 Å². The van der Waals surface area contributed by atoms with Gasteiger partial charge in [0, 0.05) is 17.7 Å². The van der Waals surface area contributed by atoms with Crippen LogP contribution in [0.4, 0.5) is 5.69 Å². The molecule has 0 saturated heterocycles. The molecular weight excluding hydrogens is 290 g/mol. The fourth-order valence-corrected chi connectivity index (χ4v) is 3.07. The molecule has 2 aromatic carbocycles. The maximum absolute atomic E-state index is 12.7. The summed E-state index contributed by atoms with van der Waals surface area (Å²) in [6, 6.07) is 14.2. The van der Waals surface area contributed by atoms with Gasteiger partial charge in [0.1, 0.15) is 0 Å². The summed E-state index contributed by atoms with van der Waals surface area (Å²) in [4.78, 5) is 26.7. The summed E-state index contributed by atoms with van der Waals surface area (Å²) in [7, 11) is 0. The quantitative estimate of drug-likeness (QED) is 0.884. The summed E-state index contributed by atoms with van der Waals surface area (Å²) in [6.45, 7) is 4.25. The Morgan fingerprint density at radius 2 is 1.78 bits per heavy atom. The predicted molar refractivity (Wildman–Crippen MR) is 88.5 cm³/mol. The van der Waals surface area contributed by atoms with Crippen molar-refractivity contribution >= 4 is 17.4 Å². The highest BCUT2D eigenvalue weighted by Crippen LogP contribution is 2.42. The third kappa shape index (κ3) is 2.45. The van der Waals surface area contributed by atoms with Crippen molar-refractivity contribution in [2.24, 2.45) is 0 Å². The Balaban J connectivity index is 1.96. The average Bonchev–Trinajstić information content (AvgIpc) is 2.76. The van der Waals surface area contributed by atoms with Crippen molar-refractivity contribution in [2.45, 2.75) is 25.9 Å². The van der Waals surface area contributed by atoms with Crippen LogP contribution in [0.1, 0.15) is 34.8 Å². The molecule has 1 amide bonds. The second-order valence-electron chi connectivity index (χ2n) is 5.89. The molecule has 0 bridgehead atoms. The van der Waals surface area contributed by atoms with Crippen LogP contribution in [0.5, 0.6) is 0 Å². The number of aryl methyl sites for hydroxylation is 1. The number of hydrogen-bond donors (Lipinski definition) is 1. The van der Waals surface area contributed by atoms with E-state index in [1.807, 2.05) is 32.0 Å². The third-order valence-corrected chi connectivity index (χ3v) is 4.35. The summed E-state index contributed by atoms with van der Waals surface area (Å²) in [6.07, 6.45) is -0.248. The zero-order chi connectivity index (χ0) is 16.6. The van der Waals surface area contributed by atoms with E-state index in [4.69, 9.17) is 0 Å². The van der Waals surface area contributed by atoms with E-state index in [0.29, 0.717) is 23.4 Å². The molecule has 1 aliphatic rings. The highest BCUT2D eigenvalue weighted by molar-refractivity contribution is 6.10. The molecule has 0 aliphatic carbocycles. The average molecular weight is 309 g/mol. The number of Topliss-reactive ketones (excluding diaryl/α,β-unsaturated/α-hetero) is 1. The van der Waals surface area contributed by atoms with E-state index >= 15 is 0 Å². The van der Waals surface area contributed by atoms with Crippen molar-refractivity contribution in [1.82, 2.24) is 0 Å². The van der Waals surface area contributed by atoms with Gasteiger partial charge >= 0.3 is 0 Å². The van der Waals surface area contributed by atoms with Crippen LogP contribution in [0.25, 0.3) is 0 Å². The minimum atomic E-state index is -1.78. The largest absolute Gasteiger partial charge is 0.375 e. The molecule has 0 spiro atoms. The van der Waals surface area contributed by atoms with Crippen molar-refractivity contribution in [2.75, 3.05) is 11.4 Å². The summed E-state index contributed by atoms with van der Waals surface area (Å²) in [5, 5.41) is 11.0. The maximum Gasteiger partial charge on any atom is 0.264 e. The van der Waals surface area contributed by atoms with E-state index in [1.165, 1.54) is 4.90 Å². The zero-order valence-corrected chi connectivity index (χ0v) is 13.2. The number of aliphatic hydroxyl groups is 1. The minimum Gasteiger partial charge on any atom is -0.375 e. The number of amides is 1. The van der Waals surface area contributed by atoms with Gasteiger partial charge < -0.3 is 10.0 Å². The van der Waals surface area contributed by atoms with Crippen LogP contribution in [0.15, 0.2) is 48.5 Å². The highest BCUT2D eigenvalue weighted by atomic mass is 16.3. The van der Waals surface area contributed by atoms with Gasteiger partial charge in [-0.3, -0.25) is 9.59 Å². The molecule has 118 valence electrons. The van der Waals surface area contributed by atoms with Crippen LogP contribution in [0.3, 0.4) is 0 Å². The SMILES string of the molecule is CCN1C(=O)C(O)(CC(=O)c2ccc(C)cc2)c2ccccc21. The van der Waals surface area contributed by atoms with E-state index in [9.17, 15) is 14.7 Å². The molecule has 1 unspecified atom stereocenters. The minimum absolute atomic E-state index is 0.242. The maximum atomic E-state index is 12.7. The number of carbonyl (C=O) groups is 2. The summed E-state index contributed by atoms with van der Waals surface area (Å²) >= 11 is 0. The number of para-hydroxylation sites is 1. The molecule has 1 heterocycles. The van der Waals surface area contributed by atoms with Gasteiger partial charge in [-0.2, -0.15) is 0 Å². The number of hydrogen-bond acceptors (Lipinski definition) is 3. The normalized spacial score (nSPS) is 19.8. The number of nitrogens with zero attached hydrogens (tertiary/aromatic N) is 1. The Morgan fingerprint density at radius 3 is 2.43 bits per heavy atom. The van der Waals surface area contributed by atoms with Gasteiger partial charge in [-0.05, 0) is 19.9 Å². The molecule has 0 aromatic heterocycles. The molecule has 0 radical (unpaired) electrons. The summed E-state index contributed by atoms with van der Waals surface area (Å²) in [5.74, 6) is -0.671. The van der Waals surface area contributed by atoms with Crippen molar-refractivity contribution < 1.29 is 14.7 Å². The molecule has 0 fully saturated rings. The Bertz CT molecular complexity index is 766. The molecule has 0 saturated carbocycles. The smallest absolute Gasteiger partial charge is 0.264 e. The molecule has 23 heavy (non-hydrogen) atoms. The van der Waals surface area contributed by atoms with Crippen LogP contribution in [-0.2, 0) is 10.4 Å². The fourth-order valence-electron chi connectivity index (χ4n) is 3.07. The van der Waals surface area contributed by atoms with E-state index in [-0.39, 0.29) is 12.2 Å². The van der Waals surface area contributed by atoms with E-state index in [2.05, 4.69) is 0 Å². The highest BCUT2D eigenvalue weighted by Gasteiger charge is 2.50. The molecule has 3 rings (SSSR count). The Labute approximate surface area is 135 Å². The molecule has 4 nitrogen and oxygen atoms in total. The van der Waals surface area contributed by atoms with Gasteiger partial charge in [-0.1, -0.05) is 48.0 Å². The van der Waals surface area contributed by atoms with E-state index < -0.39 is 11.5 Å². The number of anilines is 1. The lowest BCUT2D eigenvalue weighted by Gasteiger charge is -2.22. The van der Waals surface area contributed by atoms with Crippen molar-refractivity contribution in [3.8, 4) is 0 Å². The second-order valence-corrected chi connectivity index (χ2v) is 5.89. The number of likely N-dealkylation sites (N-methyl/N-ethyl adjacent to an activating group) is 1. The van der Waals surface area contributed by atoms with Gasteiger partial charge in [0.05, 0.1) is 12.1 Å². The Kier molecular flexibility index (Phi) is 3.78. The topological polar surface area (TPSA) is 57.6 Å². The molecule has 4 heteroatoms. The molecule has 2 aromatic rings. The first-order valence-corrected chi connectivity index (χ1v) is 7.71. The van der Waals surface area contributed by atoms with Crippen LogP contribution in [0.2, 0.25) is 0 Å². The van der Waals surface area contributed by atoms with Crippen molar-refractivity contribution in [1.29, 1.82) is 0 Å². The summed E-state index contributed by atoms with van der Waals surface area (Å²) in [5.41, 5.74) is 0.963. The standard InChI is InChI=1S/C19H19NO3/c1-3-20-16-7-5-4-6-15(16)19(23,18(20)22)12-17(21)14-10-8-13(2)9-11-14/h4-11,23H,3,12H2,1-2H3. The lowest BCUT2D eigenvalue weighted by molar-refractivity contribution is -0.135. The monoisotopic (exact) mass is 309 g/mol. The van der Waals surface area contributed by atoms with Crippen LogP contribution in [0, 0.1) is 6.92 Å². The Morgan fingerprint density at radius 1 is 1.13 bits per heavy atom. The van der Waals surface area contributed by atoms with Gasteiger partial charge in [0.25, 0.3) is 5.91 Å². The van der Waals surface area contributed by atoms with Gasteiger partial charge in [0.15, 0.2) is 11.4 Å². The fraction of sp³-hybridized carbons (Fsp3) is 0.263. The first kappa shape index (κ1) is 15.4. The molecule has 1 atom stereocenters. The van der Waals surface area contributed by atoms with E-state index in [1.54, 1.807) is 30.3 Å². The van der Waals surface area contributed by atoms with Gasteiger partial charge in [0.2, 0.25) is 0 Å². The lowest BCUT2D eigenvalue weighted by atomic mass is 9.88. The zero-order valence-electron chi connectivity index (χ0n) is 13.2. The number of benzene rings is 2. The number of fused-ring (bicyclic) bond motifs is 1. The van der Waals surface area contributed by atoms with E-state index in [0.717, 1.165) is 5.56 Å². The lowest BCUT2D eigenvalue weighted by Crippen LogP contribution is -2.41.